The first-order valence-corrected chi connectivity index (χ1v) is 7.64. The highest BCUT2D eigenvalue weighted by Gasteiger charge is 2.50. The summed E-state index contributed by atoms with van der Waals surface area (Å²) in [4.78, 5) is 18.6. The molecule has 2 aliphatic heterocycles. The van der Waals surface area contributed by atoms with Crippen LogP contribution in [0.3, 0.4) is 0 Å². The van der Waals surface area contributed by atoms with Gasteiger partial charge in [0.1, 0.15) is 0 Å². The molecule has 0 saturated carbocycles. The molecule has 1 saturated heterocycles. The Kier molecular flexibility index (Phi) is 4.29. The van der Waals surface area contributed by atoms with Gasteiger partial charge in [0.2, 0.25) is 0 Å². The van der Waals surface area contributed by atoms with Gasteiger partial charge in [0, 0.05) is 37.7 Å². The molecule has 0 aliphatic carbocycles. The second kappa shape index (κ2) is 6.37. The minimum absolute atomic E-state index is 0.0537. The van der Waals surface area contributed by atoms with E-state index in [9.17, 15) is 4.79 Å². The Hall–Kier alpha value is -2.41. The monoisotopic (exact) mass is 316 g/mol. The molecule has 0 amide bonds. The largest absolute Gasteiger partial charge is 0.480 e. The number of carboxylic acid groups (broad SMARTS) is 1. The number of nitrogens with two attached hydrogens (primary N) is 1. The van der Waals surface area contributed by atoms with Gasteiger partial charge in [-0.2, -0.15) is 5.10 Å². The maximum Gasteiger partial charge on any atom is 0.317 e. The van der Waals surface area contributed by atoms with Crippen molar-refractivity contribution in [1.29, 1.82) is 0 Å². The molecule has 3 N–H and O–H groups in total. The molecule has 1 spiro atoms. The van der Waals surface area contributed by atoms with Crippen LogP contribution in [0.2, 0.25) is 0 Å². The molecule has 7 heteroatoms. The third kappa shape index (κ3) is 3.05. The van der Waals surface area contributed by atoms with E-state index in [0.29, 0.717) is 25.9 Å². The molecule has 0 bridgehead atoms. The normalized spacial score (nSPS) is 23.8. The lowest BCUT2D eigenvalue weighted by Crippen LogP contribution is -2.50. The number of hydrazone groups is 1. The number of benzene rings is 1. The number of carboxylic acids is 1. The van der Waals surface area contributed by atoms with E-state index < -0.39 is 11.6 Å². The Morgan fingerprint density at radius 2 is 2.13 bits per heavy atom. The van der Waals surface area contributed by atoms with Crippen LogP contribution in [0, 0.1) is 5.92 Å². The molecule has 2 aliphatic rings. The minimum atomic E-state index is -0.811. The van der Waals surface area contributed by atoms with Crippen LogP contribution in [0.1, 0.15) is 18.4 Å². The molecule has 2 heterocycles. The van der Waals surface area contributed by atoms with Gasteiger partial charge in [0.05, 0.1) is 18.2 Å². The number of aliphatic carboxylic acids is 1. The van der Waals surface area contributed by atoms with Crippen LogP contribution in [-0.2, 0) is 9.63 Å². The van der Waals surface area contributed by atoms with Crippen LogP contribution in [0.15, 0.2) is 40.6 Å². The number of rotatable bonds is 4. The zero-order valence-electron chi connectivity index (χ0n) is 12.8. The van der Waals surface area contributed by atoms with Crippen molar-refractivity contribution in [2.75, 3.05) is 19.6 Å². The summed E-state index contributed by atoms with van der Waals surface area (Å²) < 4.78 is 0. The fourth-order valence-corrected chi connectivity index (χ4v) is 3.32. The van der Waals surface area contributed by atoms with Gasteiger partial charge in [-0.1, -0.05) is 35.5 Å². The second-order valence-corrected chi connectivity index (χ2v) is 5.94. The molecule has 7 nitrogen and oxygen atoms in total. The lowest BCUT2D eigenvalue weighted by Gasteiger charge is -2.39. The van der Waals surface area contributed by atoms with Crippen molar-refractivity contribution in [3.05, 3.63) is 35.9 Å². The van der Waals surface area contributed by atoms with Crippen molar-refractivity contribution in [1.82, 2.24) is 4.90 Å². The van der Waals surface area contributed by atoms with Crippen LogP contribution < -0.4 is 5.84 Å². The second-order valence-electron chi connectivity index (χ2n) is 5.94. The van der Waals surface area contributed by atoms with Gasteiger partial charge < -0.3 is 15.8 Å². The highest BCUT2D eigenvalue weighted by Crippen LogP contribution is 2.39. The van der Waals surface area contributed by atoms with E-state index in [-0.39, 0.29) is 12.5 Å². The Morgan fingerprint density at radius 3 is 2.74 bits per heavy atom. The molecule has 1 unspecified atom stereocenters. The minimum Gasteiger partial charge on any atom is -0.480 e. The Bertz CT molecular complexity index is 621. The molecule has 3 rings (SSSR count). The number of oxime groups is 1. The van der Waals surface area contributed by atoms with Crippen molar-refractivity contribution in [2.45, 2.75) is 18.4 Å². The molecular formula is C16H20N4O3. The van der Waals surface area contributed by atoms with Gasteiger partial charge >= 0.3 is 5.97 Å². The van der Waals surface area contributed by atoms with E-state index in [2.05, 4.69) is 10.3 Å². The van der Waals surface area contributed by atoms with Crippen LogP contribution in [-0.4, -0.2) is 53.1 Å². The van der Waals surface area contributed by atoms with E-state index in [1.807, 2.05) is 35.2 Å². The molecular weight excluding hydrogens is 296 g/mol. The molecule has 0 radical (unpaired) electrons. The molecule has 122 valence electrons. The zero-order chi connectivity index (χ0) is 16.3. The lowest BCUT2D eigenvalue weighted by molar-refractivity contribution is -0.140. The summed E-state index contributed by atoms with van der Waals surface area (Å²) in [6, 6.07) is 9.83. The van der Waals surface area contributed by atoms with Gasteiger partial charge in [0.15, 0.2) is 5.60 Å². The van der Waals surface area contributed by atoms with E-state index >= 15 is 0 Å². The molecule has 0 aromatic heterocycles. The van der Waals surface area contributed by atoms with Crippen molar-refractivity contribution < 1.29 is 14.7 Å². The smallest absolute Gasteiger partial charge is 0.317 e. The maximum atomic E-state index is 10.9. The average molecular weight is 316 g/mol. The topological polar surface area (TPSA) is 101 Å². The van der Waals surface area contributed by atoms with Crippen molar-refractivity contribution in [3.8, 4) is 0 Å². The highest BCUT2D eigenvalue weighted by atomic mass is 16.7. The SMILES string of the molecule is NN=CC1C(c2ccccc2)=NOC12CCN(CC(=O)O)CC2. The summed E-state index contributed by atoms with van der Waals surface area (Å²) in [5.41, 5.74) is 1.33. The van der Waals surface area contributed by atoms with E-state index in [4.69, 9.17) is 15.8 Å². The van der Waals surface area contributed by atoms with Gasteiger partial charge in [0.25, 0.3) is 0 Å². The lowest BCUT2D eigenvalue weighted by atomic mass is 9.76. The van der Waals surface area contributed by atoms with E-state index in [1.165, 1.54) is 0 Å². The molecule has 1 aromatic rings. The number of likely N-dealkylation sites (tertiary alicyclic amines) is 1. The Labute approximate surface area is 134 Å². The number of piperidine rings is 1. The summed E-state index contributed by atoms with van der Waals surface area (Å²) in [5.74, 6) is 4.47. The number of hydrogen-bond acceptors (Lipinski definition) is 6. The van der Waals surface area contributed by atoms with E-state index in [1.54, 1.807) is 6.21 Å². The summed E-state index contributed by atoms with van der Waals surface area (Å²) in [5, 5.41) is 16.9. The highest BCUT2D eigenvalue weighted by molar-refractivity contribution is 6.11. The first-order valence-electron chi connectivity index (χ1n) is 7.64. The molecule has 23 heavy (non-hydrogen) atoms. The maximum absolute atomic E-state index is 10.9. The fourth-order valence-electron chi connectivity index (χ4n) is 3.32. The predicted octanol–water partition coefficient (Wildman–Crippen LogP) is 0.901. The summed E-state index contributed by atoms with van der Waals surface area (Å²) in [7, 11) is 0. The Morgan fingerprint density at radius 1 is 1.43 bits per heavy atom. The molecule has 1 fully saturated rings. The Balaban J connectivity index is 1.78. The van der Waals surface area contributed by atoms with Crippen molar-refractivity contribution >= 4 is 17.9 Å². The van der Waals surface area contributed by atoms with E-state index in [0.717, 1.165) is 11.3 Å². The number of hydrogen-bond donors (Lipinski definition) is 2. The number of nitrogens with zero attached hydrogens (tertiary/aromatic N) is 3. The van der Waals surface area contributed by atoms with Crippen molar-refractivity contribution in [2.24, 2.45) is 22.0 Å². The summed E-state index contributed by atoms with van der Waals surface area (Å²) in [6.45, 7) is 1.36. The average Bonchev–Trinajstić information content (AvgIpc) is 2.89. The fraction of sp³-hybridized carbons (Fsp3) is 0.438. The van der Waals surface area contributed by atoms with Gasteiger partial charge in [-0.25, -0.2) is 0 Å². The van der Waals surface area contributed by atoms with Crippen molar-refractivity contribution in [3.63, 3.8) is 0 Å². The zero-order valence-corrected chi connectivity index (χ0v) is 12.8. The molecule has 1 aromatic carbocycles. The van der Waals surface area contributed by atoms with Gasteiger partial charge in [-0.3, -0.25) is 9.69 Å². The third-order valence-electron chi connectivity index (χ3n) is 4.55. The summed E-state index contributed by atoms with van der Waals surface area (Å²) in [6.07, 6.45) is 3.07. The quantitative estimate of drug-likeness (QED) is 0.488. The standard InChI is InChI=1S/C16H20N4O3/c17-18-10-13-15(12-4-2-1-3-5-12)19-23-16(13)6-8-20(9-7-16)11-14(21)22/h1-5,10,13H,6-9,11,17H2,(H,21,22). The number of carbonyl (C=O) groups is 1. The van der Waals surface area contributed by atoms with Crippen LogP contribution >= 0.6 is 0 Å². The first kappa shape index (κ1) is 15.5. The third-order valence-corrected chi connectivity index (χ3v) is 4.55. The predicted molar refractivity (Wildman–Crippen MR) is 86.3 cm³/mol. The van der Waals surface area contributed by atoms with Crippen LogP contribution in [0.5, 0.6) is 0 Å². The van der Waals surface area contributed by atoms with Crippen LogP contribution in [0.4, 0.5) is 0 Å². The summed E-state index contributed by atoms with van der Waals surface area (Å²) >= 11 is 0. The molecule has 1 atom stereocenters. The van der Waals surface area contributed by atoms with Crippen LogP contribution in [0.25, 0.3) is 0 Å². The first-order chi connectivity index (χ1) is 11.1. The van der Waals surface area contributed by atoms with Gasteiger partial charge in [-0.05, 0) is 0 Å². The van der Waals surface area contributed by atoms with Gasteiger partial charge in [-0.15, -0.1) is 0 Å².